The van der Waals surface area contributed by atoms with Gasteiger partial charge in [0.15, 0.2) is 0 Å². The van der Waals surface area contributed by atoms with Crippen molar-refractivity contribution in [3.63, 3.8) is 0 Å². The van der Waals surface area contributed by atoms with Crippen LogP contribution in [-0.4, -0.2) is 26.2 Å². The van der Waals surface area contributed by atoms with Crippen molar-refractivity contribution in [3.05, 3.63) is 40.8 Å². The number of rotatable bonds is 5. The molecule has 0 spiro atoms. The lowest BCUT2D eigenvalue weighted by Crippen LogP contribution is -2.12. The van der Waals surface area contributed by atoms with Gasteiger partial charge in [-0.15, -0.1) is 0 Å². The number of methoxy groups -OCH3 is 2. The zero-order valence-corrected chi connectivity index (χ0v) is 10.9. The first-order valence-electron chi connectivity index (χ1n) is 4.98. The van der Waals surface area contributed by atoms with Crippen LogP contribution in [0.15, 0.2) is 30.2 Å². The van der Waals surface area contributed by atoms with Crippen LogP contribution in [0.3, 0.4) is 0 Å². The second-order valence-corrected chi connectivity index (χ2v) is 3.66. The van der Waals surface area contributed by atoms with Crippen LogP contribution in [-0.2, 0) is 14.3 Å². The standard InChI is InChI=1S/C12H10ClFO5/c1-17-6-10(12(16)18-2)19-9-4-3-7(13)5-8(9)11(14)15/h3-6H,1-2H3. The Balaban J connectivity index is 3.13. The van der Waals surface area contributed by atoms with Gasteiger partial charge >= 0.3 is 12.0 Å². The molecule has 1 rings (SSSR count). The molecule has 0 saturated carbocycles. The number of hydrogen-bond acceptors (Lipinski definition) is 5. The Morgan fingerprint density at radius 3 is 2.53 bits per heavy atom. The van der Waals surface area contributed by atoms with E-state index in [1.807, 2.05) is 0 Å². The molecule has 7 heteroatoms. The van der Waals surface area contributed by atoms with Crippen molar-refractivity contribution < 1.29 is 28.2 Å². The summed E-state index contributed by atoms with van der Waals surface area (Å²) in [4.78, 5) is 22.2. The molecule has 0 aliphatic rings. The maximum absolute atomic E-state index is 12.8. The first-order chi connectivity index (χ1) is 8.99. The molecule has 0 saturated heterocycles. The van der Waals surface area contributed by atoms with E-state index >= 15 is 0 Å². The van der Waals surface area contributed by atoms with Gasteiger partial charge in [-0.3, -0.25) is 4.79 Å². The Morgan fingerprint density at radius 1 is 1.32 bits per heavy atom. The highest BCUT2D eigenvalue weighted by Crippen LogP contribution is 2.25. The molecule has 0 unspecified atom stereocenters. The third-order valence-corrected chi connectivity index (χ3v) is 2.22. The molecule has 0 aromatic heterocycles. The average molecular weight is 289 g/mol. The molecule has 0 amide bonds. The summed E-state index contributed by atoms with van der Waals surface area (Å²) >= 11 is 5.64. The minimum Gasteiger partial charge on any atom is -0.500 e. The van der Waals surface area contributed by atoms with E-state index in [0.717, 1.165) is 19.4 Å². The summed E-state index contributed by atoms with van der Waals surface area (Å²) in [7, 11) is 2.42. The molecule has 0 bridgehead atoms. The van der Waals surface area contributed by atoms with Crippen LogP contribution in [0.1, 0.15) is 10.4 Å². The topological polar surface area (TPSA) is 61.8 Å². The Morgan fingerprint density at radius 2 is 2.00 bits per heavy atom. The molecule has 1 aromatic carbocycles. The zero-order valence-electron chi connectivity index (χ0n) is 10.1. The van der Waals surface area contributed by atoms with Gasteiger partial charge in [-0.1, -0.05) is 11.6 Å². The molecule has 19 heavy (non-hydrogen) atoms. The molecule has 0 aliphatic carbocycles. The van der Waals surface area contributed by atoms with Crippen molar-refractivity contribution in [2.45, 2.75) is 0 Å². The Hall–Kier alpha value is -2.08. The van der Waals surface area contributed by atoms with E-state index < -0.39 is 17.6 Å². The first kappa shape index (κ1) is 15.0. The molecule has 0 radical (unpaired) electrons. The molecule has 5 nitrogen and oxygen atoms in total. The summed E-state index contributed by atoms with van der Waals surface area (Å²) in [5.74, 6) is -1.35. The normalized spacial score (nSPS) is 10.8. The lowest BCUT2D eigenvalue weighted by atomic mass is 10.2. The summed E-state index contributed by atoms with van der Waals surface area (Å²) in [6.07, 6.45) is 0.965. The molecule has 0 fully saturated rings. The van der Waals surface area contributed by atoms with E-state index in [1.165, 1.54) is 19.2 Å². The van der Waals surface area contributed by atoms with Crippen molar-refractivity contribution >= 4 is 23.6 Å². The van der Waals surface area contributed by atoms with Crippen molar-refractivity contribution in [2.24, 2.45) is 0 Å². The fourth-order valence-electron chi connectivity index (χ4n) is 1.18. The van der Waals surface area contributed by atoms with Gasteiger partial charge < -0.3 is 14.2 Å². The maximum Gasteiger partial charge on any atom is 0.377 e. The predicted molar refractivity (Wildman–Crippen MR) is 64.6 cm³/mol. The SMILES string of the molecule is COC=C(Oc1ccc(Cl)cc1C(=O)F)C(=O)OC. The predicted octanol–water partition coefficient (Wildman–Crippen LogP) is 2.49. The molecule has 0 N–H and O–H groups in total. The lowest BCUT2D eigenvalue weighted by molar-refractivity contribution is -0.138. The minimum atomic E-state index is -1.74. The van der Waals surface area contributed by atoms with Crippen LogP contribution in [0.4, 0.5) is 4.39 Å². The molecular formula is C12H10ClFO5. The summed E-state index contributed by atoms with van der Waals surface area (Å²) in [6, 6.07) is 1.98. The second-order valence-electron chi connectivity index (χ2n) is 3.23. The molecule has 1 aromatic rings. The number of carbonyl (C=O) groups is 2. The number of benzene rings is 1. The van der Waals surface area contributed by atoms with Crippen LogP contribution in [0, 0.1) is 0 Å². The van der Waals surface area contributed by atoms with Gasteiger partial charge in [0, 0.05) is 5.02 Å². The summed E-state index contributed by atoms with van der Waals surface area (Å²) < 4.78 is 27.0. The molecule has 0 atom stereocenters. The lowest BCUT2D eigenvalue weighted by Gasteiger charge is -2.10. The third kappa shape index (κ3) is 3.96. The fraction of sp³-hybridized carbons (Fsp3) is 0.167. The summed E-state index contributed by atoms with van der Waals surface area (Å²) in [5.41, 5.74) is -0.404. The van der Waals surface area contributed by atoms with Gasteiger partial charge in [0.05, 0.1) is 19.8 Å². The molecule has 0 heterocycles. The number of halogens is 2. The minimum absolute atomic E-state index is 0.156. The Labute approximate surface area is 113 Å². The highest BCUT2D eigenvalue weighted by atomic mass is 35.5. The third-order valence-electron chi connectivity index (χ3n) is 1.98. The zero-order chi connectivity index (χ0) is 14.4. The van der Waals surface area contributed by atoms with Gasteiger partial charge in [0.25, 0.3) is 0 Å². The van der Waals surface area contributed by atoms with E-state index in [2.05, 4.69) is 9.47 Å². The molecule has 102 valence electrons. The van der Waals surface area contributed by atoms with Crippen molar-refractivity contribution in [1.82, 2.24) is 0 Å². The van der Waals surface area contributed by atoms with Gasteiger partial charge in [-0.2, -0.15) is 4.39 Å². The van der Waals surface area contributed by atoms with Crippen LogP contribution >= 0.6 is 11.6 Å². The first-order valence-corrected chi connectivity index (χ1v) is 5.36. The van der Waals surface area contributed by atoms with E-state index in [9.17, 15) is 14.0 Å². The van der Waals surface area contributed by atoms with Crippen molar-refractivity contribution in [3.8, 4) is 5.75 Å². The number of carbonyl (C=O) groups excluding carboxylic acids is 2. The largest absolute Gasteiger partial charge is 0.500 e. The van der Waals surface area contributed by atoms with Crippen LogP contribution in [0.2, 0.25) is 5.02 Å². The number of esters is 1. The van der Waals surface area contributed by atoms with Crippen molar-refractivity contribution in [2.75, 3.05) is 14.2 Å². The van der Waals surface area contributed by atoms with E-state index in [-0.39, 0.29) is 16.5 Å². The number of ether oxygens (including phenoxy) is 3. The van der Waals surface area contributed by atoms with Crippen LogP contribution < -0.4 is 4.74 Å². The Bertz CT molecular complexity index is 527. The highest BCUT2D eigenvalue weighted by molar-refractivity contribution is 6.31. The van der Waals surface area contributed by atoms with E-state index in [1.54, 1.807) is 0 Å². The van der Waals surface area contributed by atoms with Gasteiger partial charge in [-0.05, 0) is 18.2 Å². The van der Waals surface area contributed by atoms with Gasteiger partial charge in [0.1, 0.15) is 12.0 Å². The quantitative estimate of drug-likeness (QED) is 0.360. The molecular weight excluding hydrogens is 279 g/mol. The van der Waals surface area contributed by atoms with Gasteiger partial charge in [0.2, 0.25) is 5.76 Å². The monoisotopic (exact) mass is 288 g/mol. The Kier molecular flexibility index (Phi) is 5.32. The van der Waals surface area contributed by atoms with Crippen molar-refractivity contribution in [1.29, 1.82) is 0 Å². The summed E-state index contributed by atoms with van der Waals surface area (Å²) in [5, 5.41) is 0.156. The number of hydrogen-bond donors (Lipinski definition) is 0. The average Bonchev–Trinajstić information content (AvgIpc) is 2.38. The van der Waals surface area contributed by atoms with Gasteiger partial charge in [-0.25, -0.2) is 4.79 Å². The van der Waals surface area contributed by atoms with Crippen LogP contribution in [0.5, 0.6) is 5.75 Å². The summed E-state index contributed by atoms with van der Waals surface area (Å²) in [6.45, 7) is 0. The molecule has 0 aliphatic heterocycles. The smallest absolute Gasteiger partial charge is 0.377 e. The van der Waals surface area contributed by atoms with E-state index in [0.29, 0.717) is 0 Å². The highest BCUT2D eigenvalue weighted by Gasteiger charge is 2.18. The second kappa shape index (κ2) is 6.75. The van der Waals surface area contributed by atoms with Crippen LogP contribution in [0.25, 0.3) is 0 Å². The maximum atomic E-state index is 12.8. The van der Waals surface area contributed by atoms with E-state index in [4.69, 9.17) is 16.3 Å². The fourth-order valence-corrected chi connectivity index (χ4v) is 1.36.